The van der Waals surface area contributed by atoms with Gasteiger partial charge < -0.3 is 0 Å². The maximum absolute atomic E-state index is 11.1. The fraction of sp³-hybridized carbons (Fsp3) is 0.800. The zero-order valence-corrected chi connectivity index (χ0v) is 8.68. The number of hydrogen-bond acceptors (Lipinski definition) is 2. The van der Waals surface area contributed by atoms with Crippen LogP contribution in [0.1, 0.15) is 52.4 Å². The van der Waals surface area contributed by atoms with Crippen molar-refractivity contribution in [2.75, 3.05) is 0 Å². The summed E-state index contributed by atoms with van der Waals surface area (Å²) in [6.07, 6.45) is 7.56. The number of nitrogens with zero attached hydrogens (tertiary/aromatic N) is 1. The maximum Gasteiger partial charge on any atom is 0.240 e. The molecule has 0 spiro atoms. The molecule has 0 atom stereocenters. The monoisotopic (exact) mass is 184 g/mol. The quantitative estimate of drug-likeness (QED) is 0.368. The Kier molecular flexibility index (Phi) is 8.62. The molecular formula is C10H20N2O. The van der Waals surface area contributed by atoms with Crippen molar-refractivity contribution in [3.63, 3.8) is 0 Å². The van der Waals surface area contributed by atoms with Crippen LogP contribution in [0.4, 0.5) is 0 Å². The molecule has 0 bridgehead atoms. The van der Waals surface area contributed by atoms with Crippen molar-refractivity contribution in [1.29, 1.82) is 0 Å². The largest absolute Gasteiger partial charge is 0.273 e. The van der Waals surface area contributed by atoms with Gasteiger partial charge in [-0.15, -0.1) is 0 Å². The summed E-state index contributed by atoms with van der Waals surface area (Å²) in [4.78, 5) is 11.1. The number of rotatable bonds is 7. The van der Waals surface area contributed by atoms with Gasteiger partial charge in [0.2, 0.25) is 5.91 Å². The molecule has 0 saturated heterocycles. The van der Waals surface area contributed by atoms with Crippen molar-refractivity contribution in [1.82, 2.24) is 5.43 Å². The minimum Gasteiger partial charge on any atom is -0.273 e. The van der Waals surface area contributed by atoms with Crippen LogP contribution in [0.15, 0.2) is 5.10 Å². The molecule has 1 N–H and O–H groups in total. The summed E-state index contributed by atoms with van der Waals surface area (Å²) < 4.78 is 0. The van der Waals surface area contributed by atoms with Crippen LogP contribution >= 0.6 is 0 Å². The van der Waals surface area contributed by atoms with Gasteiger partial charge in [0, 0.05) is 12.6 Å². The van der Waals surface area contributed by atoms with E-state index in [0.717, 1.165) is 32.1 Å². The van der Waals surface area contributed by atoms with Gasteiger partial charge in [-0.1, -0.05) is 33.1 Å². The van der Waals surface area contributed by atoms with Crippen molar-refractivity contribution in [2.45, 2.75) is 52.4 Å². The maximum atomic E-state index is 11.1. The van der Waals surface area contributed by atoms with Gasteiger partial charge in [0.1, 0.15) is 0 Å². The topological polar surface area (TPSA) is 41.5 Å². The molecule has 0 aliphatic rings. The van der Waals surface area contributed by atoms with Crippen LogP contribution in [-0.4, -0.2) is 12.1 Å². The Hall–Kier alpha value is -0.860. The van der Waals surface area contributed by atoms with Gasteiger partial charge in [-0.3, -0.25) is 4.79 Å². The molecule has 76 valence electrons. The highest BCUT2D eigenvalue weighted by molar-refractivity contribution is 5.76. The molecule has 3 nitrogen and oxygen atoms in total. The van der Waals surface area contributed by atoms with Crippen molar-refractivity contribution in [2.24, 2.45) is 5.10 Å². The molecule has 0 aromatic heterocycles. The molecule has 0 rings (SSSR count). The lowest BCUT2D eigenvalue weighted by molar-refractivity contribution is -0.121. The van der Waals surface area contributed by atoms with Crippen LogP contribution in [0.5, 0.6) is 0 Å². The second kappa shape index (κ2) is 9.23. The molecule has 0 radical (unpaired) electrons. The number of carbonyl (C=O) groups excluding carboxylic acids is 1. The Balaban J connectivity index is 3.29. The van der Waals surface area contributed by atoms with Gasteiger partial charge in [-0.2, -0.15) is 5.10 Å². The van der Waals surface area contributed by atoms with E-state index in [2.05, 4.69) is 24.4 Å². The molecule has 0 unspecified atom stereocenters. The molecular weight excluding hydrogens is 164 g/mol. The number of amides is 1. The normalized spacial score (nSPS) is 10.6. The molecule has 0 aliphatic carbocycles. The highest BCUT2D eigenvalue weighted by Gasteiger charge is 1.96. The molecule has 0 fully saturated rings. The van der Waals surface area contributed by atoms with Crippen molar-refractivity contribution < 1.29 is 4.79 Å². The first kappa shape index (κ1) is 12.1. The Morgan fingerprint density at radius 3 is 2.69 bits per heavy atom. The third-order valence-corrected chi connectivity index (χ3v) is 1.71. The fourth-order valence-electron chi connectivity index (χ4n) is 0.903. The number of carbonyl (C=O) groups is 1. The zero-order valence-electron chi connectivity index (χ0n) is 8.68. The third-order valence-electron chi connectivity index (χ3n) is 1.71. The lowest BCUT2D eigenvalue weighted by Crippen LogP contribution is -2.16. The first-order chi connectivity index (χ1) is 6.31. The standard InChI is InChI=1S/C10H20N2O/c1-3-5-7-8-10(13)12-11-9-6-4-2/h9H,3-8H2,1-2H3,(H,12,13). The average molecular weight is 184 g/mol. The van der Waals surface area contributed by atoms with Crippen molar-refractivity contribution in [3.8, 4) is 0 Å². The van der Waals surface area contributed by atoms with E-state index in [-0.39, 0.29) is 5.91 Å². The summed E-state index contributed by atoms with van der Waals surface area (Å²) in [7, 11) is 0. The second-order valence-corrected chi connectivity index (χ2v) is 3.09. The lowest BCUT2D eigenvalue weighted by Gasteiger charge is -1.97. The van der Waals surface area contributed by atoms with Crippen LogP contribution in [0.2, 0.25) is 0 Å². The first-order valence-corrected chi connectivity index (χ1v) is 5.11. The van der Waals surface area contributed by atoms with E-state index in [9.17, 15) is 4.79 Å². The third kappa shape index (κ3) is 9.05. The van der Waals surface area contributed by atoms with E-state index in [0.29, 0.717) is 6.42 Å². The Morgan fingerprint density at radius 1 is 1.31 bits per heavy atom. The molecule has 3 heteroatoms. The first-order valence-electron chi connectivity index (χ1n) is 5.11. The van der Waals surface area contributed by atoms with Crippen LogP contribution in [-0.2, 0) is 4.79 Å². The summed E-state index contributed by atoms with van der Waals surface area (Å²) in [5.41, 5.74) is 2.51. The van der Waals surface area contributed by atoms with Gasteiger partial charge in [0.15, 0.2) is 0 Å². The Morgan fingerprint density at radius 2 is 2.08 bits per heavy atom. The fourth-order valence-corrected chi connectivity index (χ4v) is 0.903. The molecule has 0 heterocycles. The van der Waals surface area contributed by atoms with E-state index in [1.807, 2.05) is 0 Å². The molecule has 13 heavy (non-hydrogen) atoms. The van der Waals surface area contributed by atoms with E-state index in [1.54, 1.807) is 6.21 Å². The van der Waals surface area contributed by atoms with Crippen LogP contribution in [0, 0.1) is 0 Å². The van der Waals surface area contributed by atoms with Gasteiger partial charge in [-0.05, 0) is 12.8 Å². The number of unbranched alkanes of at least 4 members (excludes halogenated alkanes) is 3. The zero-order chi connectivity index (χ0) is 9.94. The summed E-state index contributed by atoms with van der Waals surface area (Å²) in [5, 5.41) is 3.82. The molecule has 0 aromatic carbocycles. The number of hydrogen-bond donors (Lipinski definition) is 1. The van der Waals surface area contributed by atoms with Crippen LogP contribution in [0.25, 0.3) is 0 Å². The van der Waals surface area contributed by atoms with Crippen LogP contribution in [0.3, 0.4) is 0 Å². The Labute approximate surface area is 80.6 Å². The van der Waals surface area contributed by atoms with Crippen LogP contribution < -0.4 is 5.43 Å². The van der Waals surface area contributed by atoms with E-state index in [1.165, 1.54) is 0 Å². The summed E-state index contributed by atoms with van der Waals surface area (Å²) in [6, 6.07) is 0. The average Bonchev–Trinajstić information content (AvgIpc) is 2.13. The van der Waals surface area contributed by atoms with Crippen molar-refractivity contribution in [3.05, 3.63) is 0 Å². The van der Waals surface area contributed by atoms with Gasteiger partial charge in [0.25, 0.3) is 0 Å². The Bertz CT molecular complexity index is 155. The molecule has 0 saturated carbocycles. The van der Waals surface area contributed by atoms with Gasteiger partial charge >= 0.3 is 0 Å². The second-order valence-electron chi connectivity index (χ2n) is 3.09. The predicted octanol–water partition coefficient (Wildman–Crippen LogP) is 2.47. The number of nitrogens with one attached hydrogen (secondary N) is 1. The van der Waals surface area contributed by atoms with E-state index >= 15 is 0 Å². The summed E-state index contributed by atoms with van der Waals surface area (Å²) >= 11 is 0. The molecule has 0 aromatic rings. The highest BCUT2D eigenvalue weighted by Crippen LogP contribution is 1.97. The van der Waals surface area contributed by atoms with E-state index in [4.69, 9.17) is 0 Å². The summed E-state index contributed by atoms with van der Waals surface area (Å²) in [5.74, 6) is 0.0285. The molecule has 1 amide bonds. The predicted molar refractivity (Wildman–Crippen MR) is 55.7 cm³/mol. The highest BCUT2D eigenvalue weighted by atomic mass is 16.2. The SMILES string of the molecule is CCCC=NNC(=O)CCCCC. The number of hydrazone groups is 1. The minimum absolute atomic E-state index is 0.0285. The minimum atomic E-state index is 0.0285. The summed E-state index contributed by atoms with van der Waals surface area (Å²) in [6.45, 7) is 4.20. The van der Waals surface area contributed by atoms with Gasteiger partial charge in [-0.25, -0.2) is 5.43 Å². The van der Waals surface area contributed by atoms with Gasteiger partial charge in [0.05, 0.1) is 0 Å². The smallest absolute Gasteiger partial charge is 0.240 e. The van der Waals surface area contributed by atoms with Crippen molar-refractivity contribution >= 4 is 12.1 Å². The lowest BCUT2D eigenvalue weighted by atomic mass is 10.2. The van der Waals surface area contributed by atoms with E-state index < -0.39 is 0 Å². The molecule has 0 aliphatic heterocycles.